The van der Waals surface area contributed by atoms with Crippen LogP contribution in [-0.4, -0.2) is 12.8 Å². The Kier molecular flexibility index (Phi) is 4.42. The number of hydrogen-bond donors (Lipinski definition) is 1. The van der Waals surface area contributed by atoms with Gasteiger partial charge in [0.1, 0.15) is 5.82 Å². The molecule has 0 saturated carbocycles. The van der Waals surface area contributed by atoms with Crippen LogP contribution in [0.1, 0.15) is 25.5 Å². The average Bonchev–Trinajstić information content (AvgIpc) is 2.17. The van der Waals surface area contributed by atoms with Gasteiger partial charge in [0.15, 0.2) is 0 Å². The molecule has 1 aromatic rings. The van der Waals surface area contributed by atoms with Crippen LogP contribution in [0.5, 0.6) is 0 Å². The zero-order valence-corrected chi connectivity index (χ0v) is 9.62. The van der Waals surface area contributed by atoms with E-state index in [1.54, 1.807) is 6.07 Å². The van der Waals surface area contributed by atoms with Gasteiger partial charge in [0.25, 0.3) is 0 Å². The highest BCUT2D eigenvalue weighted by Crippen LogP contribution is 2.28. The minimum absolute atomic E-state index is 0.125. The van der Waals surface area contributed by atoms with Gasteiger partial charge in [-0.15, -0.1) is 11.8 Å². The fourth-order valence-electron chi connectivity index (χ4n) is 1.50. The Morgan fingerprint density at radius 3 is 2.79 bits per heavy atom. The maximum atomic E-state index is 13.4. The van der Waals surface area contributed by atoms with Crippen molar-refractivity contribution in [3.05, 3.63) is 29.6 Å². The molecule has 0 saturated heterocycles. The molecule has 1 rings (SSSR count). The van der Waals surface area contributed by atoms with Crippen LogP contribution in [0.15, 0.2) is 23.1 Å². The van der Waals surface area contributed by atoms with E-state index in [-0.39, 0.29) is 11.9 Å². The zero-order chi connectivity index (χ0) is 10.6. The molecule has 78 valence electrons. The van der Waals surface area contributed by atoms with Gasteiger partial charge in [0.2, 0.25) is 0 Å². The fourth-order valence-corrected chi connectivity index (χ4v) is 2.24. The highest BCUT2D eigenvalue weighted by molar-refractivity contribution is 7.98. The Bertz CT molecular complexity index is 301. The summed E-state index contributed by atoms with van der Waals surface area (Å²) in [5.41, 5.74) is 1.04. The summed E-state index contributed by atoms with van der Waals surface area (Å²) in [5, 5.41) is 3.28. The molecule has 0 aliphatic carbocycles. The number of benzene rings is 1. The second-order valence-electron chi connectivity index (χ2n) is 3.14. The predicted molar refractivity (Wildman–Crippen MR) is 60.3 cm³/mol. The van der Waals surface area contributed by atoms with Crippen LogP contribution < -0.4 is 5.32 Å². The standard InChI is InChI=1S/C11H16FNS/c1-4-13-8(2)9-6-5-7-10(12)11(9)14-3/h5-8,13H,4H2,1-3H3. The van der Waals surface area contributed by atoms with Crippen LogP contribution in [0.4, 0.5) is 4.39 Å². The average molecular weight is 213 g/mol. The lowest BCUT2D eigenvalue weighted by Gasteiger charge is -2.16. The van der Waals surface area contributed by atoms with Crippen LogP contribution in [0.25, 0.3) is 0 Å². The first-order valence-corrected chi connectivity index (χ1v) is 5.99. The van der Waals surface area contributed by atoms with Crippen molar-refractivity contribution in [1.82, 2.24) is 5.32 Å². The molecule has 0 aromatic heterocycles. The summed E-state index contributed by atoms with van der Waals surface area (Å²) < 4.78 is 13.4. The molecule has 1 N–H and O–H groups in total. The minimum Gasteiger partial charge on any atom is -0.310 e. The van der Waals surface area contributed by atoms with Crippen molar-refractivity contribution in [2.24, 2.45) is 0 Å². The molecular formula is C11H16FNS. The van der Waals surface area contributed by atoms with E-state index >= 15 is 0 Å². The molecule has 0 fully saturated rings. The van der Waals surface area contributed by atoms with E-state index < -0.39 is 0 Å². The first kappa shape index (κ1) is 11.5. The molecule has 1 nitrogen and oxygen atoms in total. The molecule has 1 unspecified atom stereocenters. The topological polar surface area (TPSA) is 12.0 Å². The molecule has 14 heavy (non-hydrogen) atoms. The summed E-state index contributed by atoms with van der Waals surface area (Å²) in [6, 6.07) is 5.45. The summed E-state index contributed by atoms with van der Waals surface area (Å²) >= 11 is 1.46. The lowest BCUT2D eigenvalue weighted by molar-refractivity contribution is 0.558. The number of halogens is 1. The normalized spacial score (nSPS) is 12.9. The SMILES string of the molecule is CCNC(C)c1cccc(F)c1SC. The van der Waals surface area contributed by atoms with Crippen molar-refractivity contribution >= 4 is 11.8 Å². The monoisotopic (exact) mass is 213 g/mol. The van der Waals surface area contributed by atoms with Crippen LogP contribution in [0.2, 0.25) is 0 Å². The van der Waals surface area contributed by atoms with E-state index in [0.29, 0.717) is 0 Å². The third kappa shape index (κ3) is 2.49. The molecule has 0 bridgehead atoms. The largest absolute Gasteiger partial charge is 0.310 e. The van der Waals surface area contributed by atoms with Gasteiger partial charge in [0, 0.05) is 10.9 Å². The molecule has 1 atom stereocenters. The molecular weight excluding hydrogens is 197 g/mol. The Hall–Kier alpha value is -0.540. The van der Waals surface area contributed by atoms with Crippen molar-refractivity contribution in [3.63, 3.8) is 0 Å². The van der Waals surface area contributed by atoms with E-state index in [9.17, 15) is 4.39 Å². The summed E-state index contributed by atoms with van der Waals surface area (Å²) in [6.07, 6.45) is 1.90. The van der Waals surface area contributed by atoms with Gasteiger partial charge in [-0.05, 0) is 31.4 Å². The summed E-state index contributed by atoms with van der Waals surface area (Å²) in [6.45, 7) is 5.00. The van der Waals surface area contributed by atoms with Gasteiger partial charge in [-0.25, -0.2) is 4.39 Å². The predicted octanol–water partition coefficient (Wildman–Crippen LogP) is 3.22. The van der Waals surface area contributed by atoms with E-state index in [2.05, 4.69) is 19.2 Å². The molecule has 0 aliphatic rings. The van der Waals surface area contributed by atoms with Crippen LogP contribution in [0.3, 0.4) is 0 Å². The molecule has 1 aromatic carbocycles. The van der Waals surface area contributed by atoms with Gasteiger partial charge in [-0.1, -0.05) is 19.1 Å². The van der Waals surface area contributed by atoms with Gasteiger partial charge in [-0.3, -0.25) is 0 Å². The summed E-state index contributed by atoms with van der Waals surface area (Å²) in [5.74, 6) is -0.125. The van der Waals surface area contributed by atoms with E-state index in [1.165, 1.54) is 17.8 Å². The van der Waals surface area contributed by atoms with Crippen molar-refractivity contribution in [2.75, 3.05) is 12.8 Å². The number of rotatable bonds is 4. The Morgan fingerprint density at radius 1 is 1.50 bits per heavy atom. The third-order valence-corrected chi connectivity index (χ3v) is 3.02. The number of hydrogen-bond acceptors (Lipinski definition) is 2. The van der Waals surface area contributed by atoms with E-state index in [4.69, 9.17) is 0 Å². The third-order valence-electron chi connectivity index (χ3n) is 2.18. The molecule has 0 radical (unpaired) electrons. The zero-order valence-electron chi connectivity index (χ0n) is 8.80. The Labute approximate surface area is 89.1 Å². The first-order valence-electron chi connectivity index (χ1n) is 4.76. The van der Waals surface area contributed by atoms with Crippen LogP contribution in [-0.2, 0) is 0 Å². The fraction of sp³-hybridized carbons (Fsp3) is 0.455. The Morgan fingerprint density at radius 2 is 2.21 bits per heavy atom. The maximum Gasteiger partial charge on any atom is 0.137 e. The summed E-state index contributed by atoms with van der Waals surface area (Å²) in [7, 11) is 0. The van der Waals surface area contributed by atoms with Gasteiger partial charge in [0.05, 0.1) is 0 Å². The highest BCUT2D eigenvalue weighted by Gasteiger charge is 2.12. The van der Waals surface area contributed by atoms with E-state index in [0.717, 1.165) is 17.0 Å². The Balaban J connectivity index is 3.00. The lowest BCUT2D eigenvalue weighted by atomic mass is 10.1. The second kappa shape index (κ2) is 5.37. The second-order valence-corrected chi connectivity index (χ2v) is 3.96. The van der Waals surface area contributed by atoms with Gasteiger partial charge < -0.3 is 5.32 Å². The molecule has 0 spiro atoms. The van der Waals surface area contributed by atoms with Gasteiger partial charge >= 0.3 is 0 Å². The summed E-state index contributed by atoms with van der Waals surface area (Å²) in [4.78, 5) is 0.751. The maximum absolute atomic E-state index is 13.4. The lowest BCUT2D eigenvalue weighted by Crippen LogP contribution is -2.18. The van der Waals surface area contributed by atoms with Crippen LogP contribution in [0, 0.1) is 5.82 Å². The first-order chi connectivity index (χ1) is 6.70. The molecule has 0 aliphatic heterocycles. The number of thioether (sulfide) groups is 1. The van der Waals surface area contributed by atoms with Crippen molar-refractivity contribution in [3.8, 4) is 0 Å². The van der Waals surface area contributed by atoms with Crippen LogP contribution >= 0.6 is 11.8 Å². The minimum atomic E-state index is -0.125. The van der Waals surface area contributed by atoms with Gasteiger partial charge in [-0.2, -0.15) is 0 Å². The molecule has 0 amide bonds. The molecule has 3 heteroatoms. The smallest absolute Gasteiger partial charge is 0.137 e. The van der Waals surface area contributed by atoms with Crippen molar-refractivity contribution < 1.29 is 4.39 Å². The molecule has 0 heterocycles. The van der Waals surface area contributed by atoms with Crippen molar-refractivity contribution in [2.45, 2.75) is 24.8 Å². The number of nitrogens with one attached hydrogen (secondary N) is 1. The van der Waals surface area contributed by atoms with E-state index in [1.807, 2.05) is 12.3 Å². The quantitative estimate of drug-likeness (QED) is 0.771. The van der Waals surface area contributed by atoms with Crippen molar-refractivity contribution in [1.29, 1.82) is 0 Å². The highest BCUT2D eigenvalue weighted by atomic mass is 32.2.